The zero-order valence-corrected chi connectivity index (χ0v) is 14.1. The summed E-state index contributed by atoms with van der Waals surface area (Å²) in [6.07, 6.45) is 11.0. The molecule has 0 radical (unpaired) electrons. The summed E-state index contributed by atoms with van der Waals surface area (Å²) in [5, 5.41) is 1.40. The molecule has 2 heteroatoms. The molecule has 1 aromatic carbocycles. The van der Waals surface area contributed by atoms with Crippen molar-refractivity contribution in [1.82, 2.24) is 0 Å². The molecule has 0 atom stereocenters. The van der Waals surface area contributed by atoms with E-state index in [1.807, 2.05) is 6.07 Å². The van der Waals surface area contributed by atoms with E-state index in [-0.39, 0.29) is 0 Å². The quantitative estimate of drug-likeness (QED) is 0.583. The smallest absolute Gasteiger partial charge is 0.0781 e. The first-order valence-corrected chi connectivity index (χ1v) is 13.2. The molecule has 0 aliphatic carbocycles. The van der Waals surface area contributed by atoms with E-state index < -0.39 is 16.1 Å². The first kappa shape index (κ1) is 14.8. The molecule has 0 nitrogen and oxygen atoms in total. The van der Waals surface area contributed by atoms with Gasteiger partial charge in [0.05, 0.1) is 8.07 Å². The van der Waals surface area contributed by atoms with E-state index >= 15 is 0 Å². The molecule has 94 valence electrons. The van der Waals surface area contributed by atoms with Crippen LogP contribution in [0.1, 0.15) is 11.1 Å². The van der Waals surface area contributed by atoms with Crippen molar-refractivity contribution in [1.29, 1.82) is 0 Å². The summed E-state index contributed by atoms with van der Waals surface area (Å²) in [6.45, 7) is 12.1. The third-order valence-corrected chi connectivity index (χ3v) is 12.6. The second kappa shape index (κ2) is 5.18. The zero-order chi connectivity index (χ0) is 14.0. The van der Waals surface area contributed by atoms with Crippen LogP contribution in [0.25, 0.3) is 0 Å². The Morgan fingerprint density at radius 2 is 1.33 bits per heavy atom. The lowest BCUT2D eigenvalue weighted by Crippen LogP contribution is -2.47. The lowest BCUT2D eigenvalue weighted by Gasteiger charge is -2.30. The summed E-state index contributed by atoms with van der Waals surface area (Å²) < 4.78 is 0. The van der Waals surface area contributed by atoms with Crippen molar-refractivity contribution >= 4 is 21.3 Å². The van der Waals surface area contributed by atoms with Gasteiger partial charge in [-0.3, -0.25) is 0 Å². The Balaban J connectivity index is 3.25. The zero-order valence-electron chi connectivity index (χ0n) is 12.1. The lowest BCUT2D eigenvalue weighted by molar-refractivity contribution is 1.52. The van der Waals surface area contributed by atoms with Crippen LogP contribution in [0, 0.1) is 24.7 Å². The monoisotopic (exact) mass is 270 g/mol. The maximum Gasteiger partial charge on any atom is 0.0781 e. The van der Waals surface area contributed by atoms with Gasteiger partial charge in [0.2, 0.25) is 0 Å². The molecule has 0 aliphatic heterocycles. The minimum Gasteiger partial charge on any atom is -0.115 e. The highest BCUT2D eigenvalue weighted by Gasteiger charge is 2.30. The first-order chi connectivity index (χ1) is 8.18. The van der Waals surface area contributed by atoms with Crippen LogP contribution >= 0.6 is 0 Å². The maximum atomic E-state index is 5.52. The average molecular weight is 271 g/mol. The van der Waals surface area contributed by atoms with Crippen molar-refractivity contribution in [2.45, 2.75) is 38.4 Å². The van der Waals surface area contributed by atoms with Crippen molar-refractivity contribution in [3.63, 3.8) is 0 Å². The Morgan fingerprint density at radius 3 is 1.67 bits per heavy atom. The molecule has 0 saturated carbocycles. The normalized spacial score (nSPS) is 11.7. The van der Waals surface area contributed by atoms with Crippen LogP contribution in [0.2, 0.25) is 38.4 Å². The van der Waals surface area contributed by atoms with Crippen LogP contribution in [-0.2, 0) is 0 Å². The first-order valence-electron chi connectivity index (χ1n) is 6.27. The molecule has 1 rings (SSSR count). The van der Waals surface area contributed by atoms with Crippen LogP contribution in [0.5, 0.6) is 0 Å². The molecule has 0 fully saturated rings. The Kier molecular flexibility index (Phi) is 4.27. The van der Waals surface area contributed by atoms with Gasteiger partial charge in [-0.15, -0.1) is 12.8 Å². The number of hydrogen-bond acceptors (Lipinski definition) is 0. The minimum atomic E-state index is -1.44. The van der Waals surface area contributed by atoms with Gasteiger partial charge < -0.3 is 0 Å². The van der Waals surface area contributed by atoms with Crippen LogP contribution in [0.3, 0.4) is 0 Å². The Labute approximate surface area is 114 Å². The number of benzene rings is 1. The van der Waals surface area contributed by atoms with Gasteiger partial charge in [-0.25, -0.2) is 0 Å². The standard InChI is InChI=1S/C16H22Si2/c1-8-14-10-15(9-2)12-16(11-14)18(6,7)13-17(3,4)5/h1-2,10-12H,13H2,3-7H3. The van der Waals surface area contributed by atoms with Crippen LogP contribution in [0.4, 0.5) is 0 Å². The van der Waals surface area contributed by atoms with Crippen LogP contribution < -0.4 is 5.19 Å². The van der Waals surface area contributed by atoms with Gasteiger partial charge in [0, 0.05) is 19.2 Å². The van der Waals surface area contributed by atoms with E-state index in [4.69, 9.17) is 12.8 Å². The highest BCUT2D eigenvalue weighted by Crippen LogP contribution is 2.20. The van der Waals surface area contributed by atoms with Crippen molar-refractivity contribution < 1.29 is 0 Å². The summed E-state index contributed by atoms with van der Waals surface area (Å²) in [7, 11) is -2.51. The largest absolute Gasteiger partial charge is 0.115 e. The third kappa shape index (κ3) is 3.91. The fourth-order valence-corrected chi connectivity index (χ4v) is 15.1. The molecule has 18 heavy (non-hydrogen) atoms. The van der Waals surface area contributed by atoms with E-state index in [1.165, 1.54) is 10.9 Å². The molecule has 0 amide bonds. The lowest BCUT2D eigenvalue weighted by atomic mass is 10.1. The fourth-order valence-electron chi connectivity index (χ4n) is 2.61. The Hall–Kier alpha value is -1.23. The molecule has 0 aliphatic rings. The fraction of sp³-hybridized carbons (Fsp3) is 0.375. The highest BCUT2D eigenvalue weighted by molar-refractivity contribution is 7.01. The maximum absolute atomic E-state index is 5.52. The van der Waals surface area contributed by atoms with E-state index in [9.17, 15) is 0 Å². The summed E-state index contributed by atoms with van der Waals surface area (Å²) in [6, 6.07) is 6.24. The van der Waals surface area contributed by atoms with Gasteiger partial charge >= 0.3 is 0 Å². The van der Waals surface area contributed by atoms with E-state index in [0.717, 1.165) is 11.1 Å². The van der Waals surface area contributed by atoms with Crippen molar-refractivity contribution in [3.8, 4) is 24.7 Å². The third-order valence-electron chi connectivity index (χ3n) is 3.02. The Bertz CT molecular complexity index is 487. The number of terminal acetylenes is 2. The van der Waals surface area contributed by atoms with Crippen molar-refractivity contribution in [3.05, 3.63) is 29.3 Å². The van der Waals surface area contributed by atoms with Crippen molar-refractivity contribution in [2.75, 3.05) is 0 Å². The predicted octanol–water partition coefficient (Wildman–Crippen LogP) is 3.44. The van der Waals surface area contributed by atoms with Gasteiger partial charge in [0.25, 0.3) is 0 Å². The number of rotatable bonds is 3. The molecule has 0 spiro atoms. The van der Waals surface area contributed by atoms with Gasteiger partial charge in [0.1, 0.15) is 0 Å². The summed E-state index contributed by atoms with van der Waals surface area (Å²) >= 11 is 0. The van der Waals surface area contributed by atoms with E-state index in [1.54, 1.807) is 0 Å². The Morgan fingerprint density at radius 1 is 0.889 bits per heavy atom. The molecule has 1 aromatic rings. The van der Waals surface area contributed by atoms with Gasteiger partial charge in [-0.05, 0) is 18.2 Å². The van der Waals surface area contributed by atoms with Gasteiger partial charge in [0.15, 0.2) is 0 Å². The molecule has 0 N–H and O–H groups in total. The average Bonchev–Trinajstić information content (AvgIpc) is 2.25. The second-order valence-corrected chi connectivity index (χ2v) is 17.6. The molecule has 0 aromatic heterocycles. The second-order valence-electron chi connectivity index (χ2n) is 6.71. The minimum absolute atomic E-state index is 0.914. The number of hydrogen-bond donors (Lipinski definition) is 0. The molecule has 0 saturated heterocycles. The van der Waals surface area contributed by atoms with E-state index in [2.05, 4.69) is 56.7 Å². The topological polar surface area (TPSA) is 0 Å². The molecule has 0 bridgehead atoms. The van der Waals surface area contributed by atoms with Crippen LogP contribution in [0.15, 0.2) is 18.2 Å². The summed E-state index contributed by atoms with van der Waals surface area (Å²) in [4.78, 5) is 0. The van der Waals surface area contributed by atoms with Crippen LogP contribution in [-0.4, -0.2) is 16.1 Å². The summed E-state index contributed by atoms with van der Waals surface area (Å²) in [5.41, 5.74) is 3.19. The molecule has 0 heterocycles. The SMILES string of the molecule is C#Cc1cc(C#C)cc([Si](C)(C)C[Si](C)(C)C)c1. The molecule has 0 unspecified atom stereocenters. The van der Waals surface area contributed by atoms with Crippen molar-refractivity contribution in [2.24, 2.45) is 0 Å². The molecular formula is C16H22Si2. The predicted molar refractivity (Wildman–Crippen MR) is 87.6 cm³/mol. The van der Waals surface area contributed by atoms with E-state index in [0.29, 0.717) is 0 Å². The highest BCUT2D eigenvalue weighted by atomic mass is 28.4. The van der Waals surface area contributed by atoms with Gasteiger partial charge in [-0.2, -0.15) is 0 Å². The molecular weight excluding hydrogens is 248 g/mol. The van der Waals surface area contributed by atoms with Gasteiger partial charge in [-0.1, -0.05) is 55.4 Å². The summed E-state index contributed by atoms with van der Waals surface area (Å²) in [5.74, 6) is 5.43.